The molecule has 0 aromatic carbocycles. The average Bonchev–Trinajstić information content (AvgIpc) is 2.75. The van der Waals surface area contributed by atoms with E-state index in [0.717, 1.165) is 24.7 Å². The quantitative estimate of drug-likeness (QED) is 0.867. The maximum atomic E-state index is 12.0. The number of carbonyl (C=O) groups is 2. The van der Waals surface area contributed by atoms with Crippen LogP contribution in [0.15, 0.2) is 11.4 Å². The fourth-order valence-electron chi connectivity index (χ4n) is 2.72. The third-order valence-corrected chi connectivity index (χ3v) is 4.58. The van der Waals surface area contributed by atoms with Gasteiger partial charge < -0.3 is 10.4 Å². The smallest absolute Gasteiger partial charge is 0.338 e. The Morgan fingerprint density at radius 2 is 2.00 bits per heavy atom. The highest BCUT2D eigenvalue weighted by molar-refractivity contribution is 7.14. The van der Waals surface area contributed by atoms with Gasteiger partial charge in [-0.3, -0.25) is 4.79 Å². The van der Waals surface area contributed by atoms with E-state index in [1.807, 2.05) is 0 Å². The molecule has 2 atom stereocenters. The van der Waals surface area contributed by atoms with Gasteiger partial charge in [-0.2, -0.15) is 0 Å². The number of rotatable bonds is 3. The van der Waals surface area contributed by atoms with Gasteiger partial charge in [0.25, 0.3) is 0 Å². The minimum Gasteiger partial charge on any atom is -0.478 e. The molecule has 0 aliphatic heterocycles. The molecule has 2 N–H and O–H groups in total. The summed E-state index contributed by atoms with van der Waals surface area (Å²) in [6.07, 6.45) is 3.23. The molecular formula is C12H13NO3S. The standard InChI is InChI=1S/C12H13NO3S/c14-10(8-4-6-3-7(6)5-8)13-11-9(12(15)16)1-2-17-11/h1-2,6-8H,3-5H2,(H,13,14)(H,15,16). The van der Waals surface area contributed by atoms with E-state index in [-0.39, 0.29) is 17.4 Å². The predicted molar refractivity (Wildman–Crippen MR) is 64.2 cm³/mol. The van der Waals surface area contributed by atoms with Crippen molar-refractivity contribution in [1.29, 1.82) is 0 Å². The molecule has 90 valence electrons. The number of hydrogen-bond donors (Lipinski definition) is 2. The molecule has 2 unspecified atom stereocenters. The zero-order valence-corrected chi connectivity index (χ0v) is 10.00. The molecule has 1 aromatic heterocycles. The van der Waals surface area contributed by atoms with Crippen LogP contribution in [0.4, 0.5) is 5.00 Å². The summed E-state index contributed by atoms with van der Waals surface area (Å²) in [7, 11) is 0. The van der Waals surface area contributed by atoms with Crippen molar-refractivity contribution >= 4 is 28.2 Å². The van der Waals surface area contributed by atoms with Crippen molar-refractivity contribution in [1.82, 2.24) is 0 Å². The molecule has 2 fully saturated rings. The van der Waals surface area contributed by atoms with Gasteiger partial charge >= 0.3 is 5.97 Å². The Bertz CT molecular complexity index is 472. The lowest BCUT2D eigenvalue weighted by atomic mass is 10.0. The largest absolute Gasteiger partial charge is 0.478 e. The molecular weight excluding hydrogens is 238 g/mol. The van der Waals surface area contributed by atoms with Gasteiger partial charge in [0.15, 0.2) is 0 Å². The summed E-state index contributed by atoms with van der Waals surface area (Å²) in [4.78, 5) is 22.9. The summed E-state index contributed by atoms with van der Waals surface area (Å²) in [5, 5.41) is 13.8. The van der Waals surface area contributed by atoms with Crippen molar-refractivity contribution in [2.24, 2.45) is 17.8 Å². The summed E-state index contributed by atoms with van der Waals surface area (Å²) >= 11 is 1.26. The fourth-order valence-corrected chi connectivity index (χ4v) is 3.50. The molecule has 4 nitrogen and oxygen atoms in total. The number of fused-ring (bicyclic) bond motifs is 1. The first-order valence-electron chi connectivity index (χ1n) is 5.77. The molecule has 2 saturated carbocycles. The second-order valence-electron chi connectivity index (χ2n) is 4.88. The van der Waals surface area contributed by atoms with Gasteiger partial charge in [-0.1, -0.05) is 0 Å². The maximum absolute atomic E-state index is 12.0. The first-order chi connectivity index (χ1) is 8.15. The number of nitrogens with one attached hydrogen (secondary N) is 1. The molecule has 5 heteroatoms. The summed E-state index contributed by atoms with van der Waals surface area (Å²) in [6.45, 7) is 0. The summed E-state index contributed by atoms with van der Waals surface area (Å²) in [5.74, 6) is 0.599. The number of aromatic carboxylic acids is 1. The van der Waals surface area contributed by atoms with Gasteiger partial charge in [-0.15, -0.1) is 11.3 Å². The van der Waals surface area contributed by atoms with Crippen LogP contribution in [0.5, 0.6) is 0 Å². The van der Waals surface area contributed by atoms with E-state index in [4.69, 9.17) is 5.11 Å². The number of carboxylic acids is 1. The van der Waals surface area contributed by atoms with Crippen LogP contribution in [0.3, 0.4) is 0 Å². The number of thiophene rings is 1. The van der Waals surface area contributed by atoms with Gasteiger partial charge in [0, 0.05) is 5.92 Å². The molecule has 17 heavy (non-hydrogen) atoms. The molecule has 1 aromatic rings. The van der Waals surface area contributed by atoms with Crippen LogP contribution in [0.2, 0.25) is 0 Å². The second-order valence-corrected chi connectivity index (χ2v) is 5.80. The summed E-state index contributed by atoms with van der Waals surface area (Å²) in [5.41, 5.74) is 0.187. The zero-order chi connectivity index (χ0) is 12.0. The topological polar surface area (TPSA) is 66.4 Å². The fraction of sp³-hybridized carbons (Fsp3) is 0.500. The minimum absolute atomic E-state index is 0.0119. The van der Waals surface area contributed by atoms with Crippen molar-refractivity contribution in [3.63, 3.8) is 0 Å². The third kappa shape index (κ3) is 1.95. The monoisotopic (exact) mass is 251 g/mol. The molecule has 0 saturated heterocycles. The van der Waals surface area contributed by atoms with Gasteiger partial charge in [-0.05, 0) is 42.5 Å². The third-order valence-electron chi connectivity index (χ3n) is 3.75. The molecule has 0 radical (unpaired) electrons. The molecule has 1 heterocycles. The molecule has 3 rings (SSSR count). The van der Waals surface area contributed by atoms with E-state index in [1.165, 1.54) is 23.8 Å². The normalized spacial score (nSPS) is 29.8. The van der Waals surface area contributed by atoms with Crippen molar-refractivity contribution in [2.45, 2.75) is 19.3 Å². The Morgan fingerprint density at radius 1 is 1.29 bits per heavy atom. The van der Waals surface area contributed by atoms with Crippen LogP contribution >= 0.6 is 11.3 Å². The summed E-state index contributed by atoms with van der Waals surface area (Å²) < 4.78 is 0. The number of carbonyl (C=O) groups excluding carboxylic acids is 1. The van der Waals surface area contributed by atoms with Crippen LogP contribution in [-0.4, -0.2) is 17.0 Å². The van der Waals surface area contributed by atoms with Crippen molar-refractivity contribution in [3.05, 3.63) is 17.0 Å². The van der Waals surface area contributed by atoms with Crippen molar-refractivity contribution < 1.29 is 14.7 Å². The molecule has 2 aliphatic rings. The van der Waals surface area contributed by atoms with Crippen molar-refractivity contribution in [2.75, 3.05) is 5.32 Å². The summed E-state index contributed by atoms with van der Waals surface area (Å²) in [6, 6.07) is 1.52. The minimum atomic E-state index is -0.990. The first-order valence-corrected chi connectivity index (χ1v) is 6.64. The highest BCUT2D eigenvalue weighted by Crippen LogP contribution is 2.54. The molecule has 0 spiro atoms. The number of hydrogen-bond acceptors (Lipinski definition) is 3. The van der Waals surface area contributed by atoms with Crippen LogP contribution in [0.1, 0.15) is 29.6 Å². The highest BCUT2D eigenvalue weighted by Gasteiger charge is 2.48. The SMILES string of the molecule is O=C(O)c1ccsc1NC(=O)C1CC2CC2C1. The Balaban J connectivity index is 1.67. The van der Waals surface area contributed by atoms with Gasteiger partial charge in [-0.25, -0.2) is 4.79 Å². The number of carboxylic acid groups (broad SMARTS) is 1. The highest BCUT2D eigenvalue weighted by atomic mass is 32.1. The number of anilines is 1. The zero-order valence-electron chi connectivity index (χ0n) is 9.18. The lowest BCUT2D eigenvalue weighted by molar-refractivity contribution is -0.119. The van der Waals surface area contributed by atoms with E-state index < -0.39 is 5.97 Å². The first kappa shape index (κ1) is 10.8. The van der Waals surface area contributed by atoms with Gasteiger partial charge in [0.1, 0.15) is 5.00 Å². The van der Waals surface area contributed by atoms with E-state index >= 15 is 0 Å². The lowest BCUT2D eigenvalue weighted by Gasteiger charge is -2.11. The average molecular weight is 251 g/mol. The second kappa shape index (κ2) is 3.84. The molecule has 0 bridgehead atoms. The van der Waals surface area contributed by atoms with Crippen LogP contribution in [0.25, 0.3) is 0 Å². The molecule has 1 amide bonds. The Hall–Kier alpha value is -1.36. The van der Waals surface area contributed by atoms with Crippen LogP contribution < -0.4 is 5.32 Å². The number of amides is 1. The van der Waals surface area contributed by atoms with E-state index in [0.29, 0.717) is 5.00 Å². The maximum Gasteiger partial charge on any atom is 0.338 e. The van der Waals surface area contributed by atoms with Crippen LogP contribution in [-0.2, 0) is 4.79 Å². The predicted octanol–water partition coefficient (Wildman–Crippen LogP) is 2.43. The Kier molecular flexibility index (Phi) is 2.43. The van der Waals surface area contributed by atoms with E-state index in [2.05, 4.69) is 5.32 Å². The Labute approximate surface area is 103 Å². The Morgan fingerprint density at radius 3 is 2.65 bits per heavy atom. The van der Waals surface area contributed by atoms with Crippen molar-refractivity contribution in [3.8, 4) is 0 Å². The van der Waals surface area contributed by atoms with Crippen LogP contribution in [0, 0.1) is 17.8 Å². The van der Waals surface area contributed by atoms with Gasteiger partial charge in [0.2, 0.25) is 5.91 Å². The van der Waals surface area contributed by atoms with E-state index in [1.54, 1.807) is 5.38 Å². The van der Waals surface area contributed by atoms with Gasteiger partial charge in [0.05, 0.1) is 5.56 Å². The molecule has 2 aliphatic carbocycles. The van der Waals surface area contributed by atoms with E-state index in [9.17, 15) is 9.59 Å². The lowest BCUT2D eigenvalue weighted by Crippen LogP contribution is -2.22.